The summed E-state index contributed by atoms with van der Waals surface area (Å²) in [5, 5.41) is 0.708. The number of rotatable bonds is 11. The van der Waals surface area contributed by atoms with Gasteiger partial charge in [-0.1, -0.05) is 62.2 Å². The van der Waals surface area contributed by atoms with Crippen molar-refractivity contribution < 1.29 is 31.5 Å². The maximum absolute atomic E-state index is 16.8. The van der Waals surface area contributed by atoms with E-state index in [1.54, 1.807) is 42.5 Å². The number of ether oxygens (including phenoxy) is 2. The van der Waals surface area contributed by atoms with Gasteiger partial charge >= 0.3 is 0 Å². The molecule has 6 rings (SSSR count). The van der Waals surface area contributed by atoms with Crippen molar-refractivity contribution in [3.05, 3.63) is 98.3 Å². The molecule has 0 spiro atoms. The number of carbonyl (C=O) groups excluding carboxylic acids is 1. The minimum Gasteiger partial charge on any atom is -0.416 e. The number of carbonyl (C=O) groups is 1. The zero-order chi connectivity index (χ0) is 35.1. The molecule has 0 aromatic heterocycles. The maximum Gasteiger partial charge on any atom is 0.257 e. The first-order valence-electron chi connectivity index (χ1n) is 16.0. The molecule has 1 amide bonds. The fraction of sp³-hybridized carbons (Fsp3) is 0.472. The van der Waals surface area contributed by atoms with Crippen molar-refractivity contribution in [3.63, 3.8) is 0 Å². The Balaban J connectivity index is 1.51. The van der Waals surface area contributed by atoms with Crippen molar-refractivity contribution in [2.45, 2.75) is 81.4 Å². The Kier molecular flexibility index (Phi) is 8.80. The quantitative estimate of drug-likeness (QED) is 0.145. The zero-order valence-corrected chi connectivity index (χ0v) is 31.7. The standard InChI is InChI=1S/C36H42Cl2FNO6SSi/c1-33(2,3)48(6,7)46-22-35(14-15-35)21-45-36(24-9-12-26(37)13-10-24)31-28(16-25(17-29(31)39)34(4)20-44-34)32(41)40(36)19-23-8-11-27(38)18-30(23)47(5,42)43/h8-13,16-18H,14-15,19-22H2,1-7H3. The van der Waals surface area contributed by atoms with E-state index in [9.17, 15) is 13.2 Å². The molecule has 48 heavy (non-hydrogen) atoms. The van der Waals surface area contributed by atoms with E-state index in [1.165, 1.54) is 17.0 Å². The van der Waals surface area contributed by atoms with Crippen molar-refractivity contribution in [2.75, 3.05) is 26.1 Å². The second-order valence-electron chi connectivity index (χ2n) is 15.3. The van der Waals surface area contributed by atoms with Crippen LogP contribution in [0.4, 0.5) is 4.39 Å². The highest BCUT2D eigenvalue weighted by molar-refractivity contribution is 7.90. The van der Waals surface area contributed by atoms with Crippen LogP contribution >= 0.6 is 23.2 Å². The predicted octanol–water partition coefficient (Wildman–Crippen LogP) is 8.46. The van der Waals surface area contributed by atoms with E-state index in [-0.39, 0.29) is 44.6 Å². The summed E-state index contributed by atoms with van der Waals surface area (Å²) in [7, 11) is -5.85. The smallest absolute Gasteiger partial charge is 0.257 e. The van der Waals surface area contributed by atoms with Gasteiger partial charge in [-0.3, -0.25) is 9.69 Å². The average molecular weight is 735 g/mol. The highest BCUT2D eigenvalue weighted by Gasteiger charge is 2.58. The number of halogens is 3. The van der Waals surface area contributed by atoms with Crippen LogP contribution in [0.2, 0.25) is 28.2 Å². The first kappa shape index (κ1) is 35.5. The molecule has 2 fully saturated rings. The van der Waals surface area contributed by atoms with E-state index in [1.807, 2.05) is 6.92 Å². The maximum atomic E-state index is 16.8. The summed E-state index contributed by atoms with van der Waals surface area (Å²) in [6.07, 6.45) is 2.80. The molecule has 3 aliphatic rings. The Labute approximate surface area is 293 Å². The first-order valence-corrected chi connectivity index (χ1v) is 21.6. The second-order valence-corrected chi connectivity index (χ2v) is 23.0. The predicted molar refractivity (Wildman–Crippen MR) is 187 cm³/mol. The van der Waals surface area contributed by atoms with Crippen LogP contribution in [0, 0.1) is 11.2 Å². The molecule has 0 bridgehead atoms. The molecule has 3 aromatic carbocycles. The van der Waals surface area contributed by atoms with E-state index in [0.29, 0.717) is 34.9 Å². The van der Waals surface area contributed by atoms with Crippen LogP contribution in [0.1, 0.15) is 73.1 Å². The average Bonchev–Trinajstić information content (AvgIpc) is 3.92. The molecule has 7 nitrogen and oxygen atoms in total. The molecule has 0 radical (unpaired) electrons. The van der Waals surface area contributed by atoms with Crippen molar-refractivity contribution in [2.24, 2.45) is 5.41 Å². The fourth-order valence-corrected chi connectivity index (χ4v) is 8.42. The van der Waals surface area contributed by atoms with Gasteiger partial charge in [-0.15, -0.1) is 0 Å². The van der Waals surface area contributed by atoms with Gasteiger partial charge in [0.25, 0.3) is 5.91 Å². The normalized spacial score (nSPS) is 23.4. The molecule has 1 aliphatic carbocycles. The summed E-state index contributed by atoms with van der Waals surface area (Å²) in [4.78, 5) is 16.1. The summed E-state index contributed by atoms with van der Waals surface area (Å²) < 4.78 is 62.0. The van der Waals surface area contributed by atoms with E-state index < -0.39 is 41.2 Å². The number of benzene rings is 3. The van der Waals surface area contributed by atoms with Gasteiger partial charge in [-0.25, -0.2) is 12.8 Å². The molecule has 2 aliphatic heterocycles. The monoisotopic (exact) mass is 733 g/mol. The lowest BCUT2D eigenvalue weighted by Crippen LogP contribution is -2.48. The lowest BCUT2D eigenvalue weighted by atomic mass is 9.89. The summed E-state index contributed by atoms with van der Waals surface area (Å²) in [5.74, 6) is -1.12. The summed E-state index contributed by atoms with van der Waals surface area (Å²) >= 11 is 12.6. The molecule has 2 heterocycles. The molecule has 2 unspecified atom stereocenters. The molecule has 258 valence electrons. The van der Waals surface area contributed by atoms with Crippen LogP contribution in [-0.2, 0) is 41.6 Å². The highest BCUT2D eigenvalue weighted by Crippen LogP contribution is 2.54. The Morgan fingerprint density at radius 1 is 0.979 bits per heavy atom. The zero-order valence-electron chi connectivity index (χ0n) is 28.4. The number of nitrogens with zero attached hydrogens (tertiary/aromatic N) is 1. The van der Waals surface area contributed by atoms with Gasteiger partial charge in [-0.05, 0) is 85.4 Å². The Hall–Kier alpha value is -2.31. The van der Waals surface area contributed by atoms with Gasteiger partial charge in [0.05, 0.1) is 35.8 Å². The number of fused-ring (bicyclic) bond motifs is 1. The Bertz CT molecular complexity index is 1890. The van der Waals surface area contributed by atoms with Crippen LogP contribution in [0.25, 0.3) is 0 Å². The number of epoxide rings is 1. The number of amides is 1. The van der Waals surface area contributed by atoms with E-state index in [4.69, 9.17) is 37.1 Å². The molecule has 0 N–H and O–H groups in total. The van der Waals surface area contributed by atoms with Crippen molar-refractivity contribution in [1.29, 1.82) is 0 Å². The SMILES string of the molecule is CC1(c2cc(F)c3c(c2)C(=O)N(Cc2ccc(Cl)cc2S(C)(=O)=O)C3(OCC2(CO[Si](C)(C)C(C)(C)C)CC2)c2ccc(Cl)cc2)CO1. The van der Waals surface area contributed by atoms with Crippen LogP contribution < -0.4 is 0 Å². The van der Waals surface area contributed by atoms with Crippen LogP contribution in [0.5, 0.6) is 0 Å². The molecule has 3 aromatic rings. The summed E-state index contributed by atoms with van der Waals surface area (Å²) in [6, 6.07) is 14.4. The summed E-state index contributed by atoms with van der Waals surface area (Å²) in [5.41, 5.74) is -1.23. The van der Waals surface area contributed by atoms with Gasteiger partial charge in [0.15, 0.2) is 23.9 Å². The topological polar surface area (TPSA) is 85.4 Å². The highest BCUT2D eigenvalue weighted by atomic mass is 35.5. The Morgan fingerprint density at radius 2 is 1.60 bits per heavy atom. The van der Waals surface area contributed by atoms with Gasteiger partial charge in [0, 0.05) is 33.9 Å². The fourth-order valence-electron chi connectivity index (χ4n) is 6.01. The third-order valence-electron chi connectivity index (χ3n) is 10.6. The Morgan fingerprint density at radius 3 is 2.17 bits per heavy atom. The van der Waals surface area contributed by atoms with Crippen molar-refractivity contribution >= 4 is 47.3 Å². The van der Waals surface area contributed by atoms with Gasteiger partial charge in [0.2, 0.25) is 0 Å². The molecular formula is C36H42Cl2FNO6SSi. The lowest BCUT2D eigenvalue weighted by molar-refractivity contribution is -0.130. The molecule has 1 saturated carbocycles. The first-order chi connectivity index (χ1) is 22.2. The van der Waals surface area contributed by atoms with E-state index in [0.717, 1.165) is 19.1 Å². The van der Waals surface area contributed by atoms with Crippen LogP contribution in [0.3, 0.4) is 0 Å². The van der Waals surface area contributed by atoms with Crippen molar-refractivity contribution in [3.8, 4) is 0 Å². The molecule has 1 saturated heterocycles. The second kappa shape index (κ2) is 11.9. The largest absolute Gasteiger partial charge is 0.416 e. The molecular weight excluding hydrogens is 692 g/mol. The minimum atomic E-state index is -3.76. The third kappa shape index (κ3) is 6.38. The lowest BCUT2D eigenvalue weighted by Gasteiger charge is -2.41. The number of hydrogen-bond donors (Lipinski definition) is 0. The van der Waals surface area contributed by atoms with Crippen molar-refractivity contribution in [1.82, 2.24) is 4.90 Å². The van der Waals surface area contributed by atoms with E-state index >= 15 is 4.39 Å². The minimum absolute atomic E-state index is 0.0146. The van der Waals surface area contributed by atoms with Gasteiger partial charge in [-0.2, -0.15) is 0 Å². The van der Waals surface area contributed by atoms with Gasteiger partial charge < -0.3 is 13.9 Å². The molecule has 12 heteroatoms. The van der Waals surface area contributed by atoms with Crippen LogP contribution in [0.15, 0.2) is 59.5 Å². The van der Waals surface area contributed by atoms with Gasteiger partial charge in [0.1, 0.15) is 11.4 Å². The number of hydrogen-bond acceptors (Lipinski definition) is 6. The number of sulfone groups is 1. The van der Waals surface area contributed by atoms with E-state index in [2.05, 4.69) is 33.9 Å². The third-order valence-corrected chi connectivity index (χ3v) is 16.7. The summed E-state index contributed by atoms with van der Waals surface area (Å²) in [6.45, 7) is 13.7. The molecule has 2 atom stereocenters. The van der Waals surface area contributed by atoms with Crippen LogP contribution in [-0.4, -0.2) is 53.6 Å².